The van der Waals surface area contributed by atoms with Gasteiger partial charge in [-0.3, -0.25) is 10.1 Å². The van der Waals surface area contributed by atoms with Crippen molar-refractivity contribution in [3.05, 3.63) is 39.9 Å². The summed E-state index contributed by atoms with van der Waals surface area (Å²) in [5.41, 5.74) is 0.655. The molecule has 0 fully saturated rings. The average Bonchev–Trinajstić information content (AvgIpc) is 2.15. The normalized spacial score (nSPS) is 11.0. The highest BCUT2D eigenvalue weighted by Gasteiger charge is 2.21. The number of rotatable bonds is 3. The quantitative estimate of drug-likeness (QED) is 0.349. The Bertz CT molecular complexity index is 434. The Balaban J connectivity index is 2.92. The van der Waals surface area contributed by atoms with Crippen LogP contribution in [0.3, 0.4) is 0 Å². The molecule has 0 aromatic heterocycles. The van der Waals surface area contributed by atoms with Crippen molar-refractivity contribution in [2.24, 2.45) is 0 Å². The molecule has 0 amide bonds. The van der Waals surface area contributed by atoms with Crippen molar-refractivity contribution < 1.29 is 14.5 Å². The highest BCUT2D eigenvalue weighted by Crippen LogP contribution is 2.30. The first-order valence-electron chi connectivity index (χ1n) is 5.22. The maximum absolute atomic E-state index is 11.2. The molecule has 1 aromatic carbocycles. The third-order valence-electron chi connectivity index (χ3n) is 2.18. The molecule has 0 saturated heterocycles. The minimum Gasteiger partial charge on any atom is -0.421 e. The van der Waals surface area contributed by atoms with Gasteiger partial charge in [-0.2, -0.15) is 0 Å². The molecule has 0 aliphatic carbocycles. The van der Waals surface area contributed by atoms with Gasteiger partial charge in [0.15, 0.2) is 0 Å². The van der Waals surface area contributed by atoms with Crippen molar-refractivity contribution >= 4 is 5.97 Å². The minimum absolute atomic E-state index is 0.189. The predicted octanol–water partition coefficient (Wildman–Crippen LogP) is 2.17. The number of carbonyl (C=O) groups is 1. The topological polar surface area (TPSA) is 69.4 Å². The lowest BCUT2D eigenvalue weighted by molar-refractivity contribution is -0.469. The van der Waals surface area contributed by atoms with Crippen LogP contribution in [0, 0.1) is 10.1 Å². The van der Waals surface area contributed by atoms with E-state index in [4.69, 9.17) is 4.74 Å². The molecule has 0 radical (unpaired) electrons. The number of nitrogens with zero attached hydrogens (tertiary/aromatic N) is 1. The summed E-state index contributed by atoms with van der Waals surface area (Å²) >= 11 is 0. The van der Waals surface area contributed by atoms with E-state index >= 15 is 0 Å². The SMILES string of the molecule is CC(C)(C)c1ccccc1OC(=O)C[N+](=O)[O-]. The third-order valence-corrected chi connectivity index (χ3v) is 2.18. The van der Waals surface area contributed by atoms with Gasteiger partial charge in [0.25, 0.3) is 6.54 Å². The molecule has 0 aliphatic rings. The van der Waals surface area contributed by atoms with Gasteiger partial charge >= 0.3 is 5.97 Å². The summed E-state index contributed by atoms with van der Waals surface area (Å²) in [6.45, 7) is 5.12. The number of hydrogen-bond donors (Lipinski definition) is 0. The van der Waals surface area contributed by atoms with Crippen LogP contribution in [0.2, 0.25) is 0 Å². The summed E-state index contributed by atoms with van der Waals surface area (Å²) in [5.74, 6) is -0.474. The number of esters is 1. The fourth-order valence-corrected chi connectivity index (χ4v) is 1.44. The number of carbonyl (C=O) groups excluding carboxylic acids is 1. The van der Waals surface area contributed by atoms with Gasteiger partial charge in [-0.15, -0.1) is 0 Å². The van der Waals surface area contributed by atoms with E-state index in [0.717, 1.165) is 5.56 Å². The second-order valence-electron chi connectivity index (χ2n) is 4.71. The van der Waals surface area contributed by atoms with E-state index in [1.807, 2.05) is 32.9 Å². The fraction of sp³-hybridized carbons (Fsp3) is 0.417. The Labute approximate surface area is 99.5 Å². The zero-order chi connectivity index (χ0) is 13.1. The van der Waals surface area contributed by atoms with Gasteiger partial charge in [0.1, 0.15) is 5.75 Å². The minimum atomic E-state index is -0.855. The summed E-state index contributed by atoms with van der Waals surface area (Å²) in [6, 6.07) is 7.04. The summed E-state index contributed by atoms with van der Waals surface area (Å²) in [5, 5.41) is 10.2. The number of nitro groups is 1. The highest BCUT2D eigenvalue weighted by molar-refractivity contribution is 5.73. The maximum Gasteiger partial charge on any atom is 0.383 e. The second-order valence-corrected chi connectivity index (χ2v) is 4.71. The summed E-state index contributed by atoms with van der Waals surface area (Å²) < 4.78 is 5.00. The molecular formula is C12H15NO4. The van der Waals surface area contributed by atoms with E-state index in [2.05, 4.69) is 0 Å². The molecule has 0 unspecified atom stereocenters. The lowest BCUT2D eigenvalue weighted by atomic mass is 9.86. The third kappa shape index (κ3) is 3.86. The summed E-state index contributed by atoms with van der Waals surface area (Å²) in [6.07, 6.45) is 0. The molecule has 0 bridgehead atoms. The van der Waals surface area contributed by atoms with Crippen LogP contribution in [0.5, 0.6) is 5.75 Å². The first kappa shape index (κ1) is 13.2. The highest BCUT2D eigenvalue weighted by atomic mass is 16.6. The van der Waals surface area contributed by atoms with Gasteiger partial charge in [-0.05, 0) is 11.5 Å². The number of para-hydroxylation sites is 1. The summed E-state index contributed by atoms with van der Waals surface area (Å²) in [4.78, 5) is 20.7. The van der Waals surface area contributed by atoms with Crippen LogP contribution in [0.25, 0.3) is 0 Å². The molecule has 0 heterocycles. The fourth-order valence-electron chi connectivity index (χ4n) is 1.44. The number of benzene rings is 1. The van der Waals surface area contributed by atoms with E-state index in [1.165, 1.54) is 0 Å². The molecule has 0 spiro atoms. The van der Waals surface area contributed by atoms with Gasteiger partial charge in [0.2, 0.25) is 0 Å². The van der Waals surface area contributed by atoms with Gasteiger partial charge < -0.3 is 4.74 Å². The predicted molar refractivity (Wildman–Crippen MR) is 62.6 cm³/mol. The van der Waals surface area contributed by atoms with Crippen molar-refractivity contribution in [3.63, 3.8) is 0 Å². The molecule has 0 aliphatic heterocycles. The van der Waals surface area contributed by atoms with E-state index in [9.17, 15) is 14.9 Å². The zero-order valence-corrected chi connectivity index (χ0v) is 10.1. The average molecular weight is 237 g/mol. The van der Waals surface area contributed by atoms with Crippen LogP contribution in [-0.4, -0.2) is 17.4 Å². The van der Waals surface area contributed by atoms with Crippen LogP contribution >= 0.6 is 0 Å². The van der Waals surface area contributed by atoms with E-state index < -0.39 is 17.4 Å². The lowest BCUT2D eigenvalue weighted by Crippen LogP contribution is -2.21. The molecule has 1 rings (SSSR count). The Morgan fingerprint density at radius 2 is 1.94 bits per heavy atom. The van der Waals surface area contributed by atoms with Crippen molar-refractivity contribution in [3.8, 4) is 5.75 Å². The molecule has 5 heteroatoms. The van der Waals surface area contributed by atoms with Crippen molar-refractivity contribution in [1.82, 2.24) is 0 Å². The van der Waals surface area contributed by atoms with E-state index in [-0.39, 0.29) is 5.41 Å². The van der Waals surface area contributed by atoms with Crippen LogP contribution in [0.15, 0.2) is 24.3 Å². The maximum atomic E-state index is 11.2. The largest absolute Gasteiger partial charge is 0.421 e. The smallest absolute Gasteiger partial charge is 0.383 e. The van der Waals surface area contributed by atoms with Crippen LogP contribution in [0.1, 0.15) is 26.3 Å². The lowest BCUT2D eigenvalue weighted by Gasteiger charge is -2.21. The molecule has 0 atom stereocenters. The van der Waals surface area contributed by atoms with Crippen LogP contribution in [0.4, 0.5) is 0 Å². The van der Waals surface area contributed by atoms with Crippen LogP contribution in [-0.2, 0) is 10.2 Å². The summed E-state index contributed by atoms with van der Waals surface area (Å²) in [7, 11) is 0. The Morgan fingerprint density at radius 1 is 1.35 bits per heavy atom. The molecule has 1 aromatic rings. The Kier molecular flexibility index (Phi) is 3.83. The van der Waals surface area contributed by atoms with E-state index in [1.54, 1.807) is 12.1 Å². The molecule has 92 valence electrons. The van der Waals surface area contributed by atoms with Gasteiger partial charge in [0, 0.05) is 10.5 Å². The molecule has 17 heavy (non-hydrogen) atoms. The Morgan fingerprint density at radius 3 is 2.47 bits per heavy atom. The zero-order valence-electron chi connectivity index (χ0n) is 10.1. The van der Waals surface area contributed by atoms with Gasteiger partial charge in [0.05, 0.1) is 0 Å². The molecule has 0 N–H and O–H groups in total. The standard InChI is InChI=1S/C12H15NO4/c1-12(2,3)9-6-4-5-7-10(9)17-11(14)8-13(15)16/h4-7H,8H2,1-3H3. The van der Waals surface area contributed by atoms with Gasteiger partial charge in [-0.1, -0.05) is 39.0 Å². The Hall–Kier alpha value is -1.91. The monoisotopic (exact) mass is 237 g/mol. The van der Waals surface area contributed by atoms with Crippen LogP contribution < -0.4 is 4.74 Å². The molecule has 0 saturated carbocycles. The second kappa shape index (κ2) is 4.95. The van der Waals surface area contributed by atoms with Crippen molar-refractivity contribution in [1.29, 1.82) is 0 Å². The van der Waals surface area contributed by atoms with Gasteiger partial charge in [-0.25, -0.2) is 4.79 Å². The van der Waals surface area contributed by atoms with E-state index in [0.29, 0.717) is 5.75 Å². The molecular weight excluding hydrogens is 222 g/mol. The first-order valence-corrected chi connectivity index (χ1v) is 5.22. The number of hydrogen-bond acceptors (Lipinski definition) is 4. The number of ether oxygens (including phenoxy) is 1. The first-order chi connectivity index (χ1) is 7.80. The molecule has 5 nitrogen and oxygen atoms in total. The van der Waals surface area contributed by atoms with Crippen molar-refractivity contribution in [2.45, 2.75) is 26.2 Å². The van der Waals surface area contributed by atoms with Crippen molar-refractivity contribution in [2.75, 3.05) is 6.54 Å².